The van der Waals surface area contributed by atoms with Gasteiger partial charge >= 0.3 is 0 Å². The topological polar surface area (TPSA) is 54.7 Å². The summed E-state index contributed by atoms with van der Waals surface area (Å²) in [6.07, 6.45) is 1.90. The van der Waals surface area contributed by atoms with Crippen LogP contribution < -0.4 is 5.73 Å². The van der Waals surface area contributed by atoms with E-state index >= 15 is 0 Å². The molecule has 2 heterocycles. The maximum Gasteiger partial charge on any atom is 0.124 e. The normalized spacial score (nSPS) is 10.7. The summed E-state index contributed by atoms with van der Waals surface area (Å²) in [4.78, 5) is 7.83. The smallest absolute Gasteiger partial charge is 0.124 e. The number of nitrogens with one attached hydrogen (secondary N) is 1. The second-order valence-electron chi connectivity index (χ2n) is 3.98. The van der Waals surface area contributed by atoms with Gasteiger partial charge in [0.1, 0.15) is 5.01 Å². The van der Waals surface area contributed by atoms with E-state index in [1.807, 2.05) is 36.5 Å². The predicted octanol–water partition coefficient (Wildman–Crippen LogP) is 3.26. The molecule has 3 N–H and O–H groups in total. The van der Waals surface area contributed by atoms with Gasteiger partial charge in [-0.2, -0.15) is 0 Å². The van der Waals surface area contributed by atoms with E-state index in [4.69, 9.17) is 5.73 Å². The van der Waals surface area contributed by atoms with Gasteiger partial charge in [-0.15, -0.1) is 11.3 Å². The summed E-state index contributed by atoms with van der Waals surface area (Å²) >= 11 is 1.64. The fraction of sp³-hybridized carbons (Fsp3) is 0.0714. The van der Waals surface area contributed by atoms with Crippen molar-refractivity contribution in [2.24, 2.45) is 5.73 Å². The van der Waals surface area contributed by atoms with Gasteiger partial charge in [-0.25, -0.2) is 4.98 Å². The van der Waals surface area contributed by atoms with Crippen LogP contribution in [0.2, 0.25) is 0 Å². The third kappa shape index (κ3) is 1.96. The highest BCUT2D eigenvalue weighted by Gasteiger charge is 2.09. The van der Waals surface area contributed by atoms with Crippen LogP contribution >= 0.6 is 11.3 Å². The fourth-order valence-corrected chi connectivity index (χ4v) is 2.80. The van der Waals surface area contributed by atoms with Crippen molar-refractivity contribution in [2.75, 3.05) is 0 Å². The number of rotatable bonds is 3. The van der Waals surface area contributed by atoms with Crippen molar-refractivity contribution in [3.63, 3.8) is 0 Å². The van der Waals surface area contributed by atoms with Crippen LogP contribution in [0.1, 0.15) is 5.56 Å². The molecule has 0 amide bonds. The first-order valence-electron chi connectivity index (χ1n) is 5.76. The molecule has 3 aromatic rings. The van der Waals surface area contributed by atoms with E-state index in [-0.39, 0.29) is 0 Å². The first kappa shape index (κ1) is 11.2. The van der Waals surface area contributed by atoms with Crippen molar-refractivity contribution in [3.8, 4) is 22.0 Å². The van der Waals surface area contributed by atoms with E-state index in [0.717, 1.165) is 27.5 Å². The summed E-state index contributed by atoms with van der Waals surface area (Å²) < 4.78 is 0. The SMILES string of the molecule is NCc1ccccc1-c1nc(-c2ccc[nH]2)cs1. The Hall–Kier alpha value is -1.91. The number of hydrogen-bond acceptors (Lipinski definition) is 3. The number of nitrogens with two attached hydrogens (primary N) is 1. The lowest BCUT2D eigenvalue weighted by Gasteiger charge is -2.03. The maximum absolute atomic E-state index is 5.76. The van der Waals surface area contributed by atoms with Gasteiger partial charge in [0.15, 0.2) is 0 Å². The zero-order valence-corrected chi connectivity index (χ0v) is 10.6. The average Bonchev–Trinajstić information content (AvgIpc) is 3.09. The minimum absolute atomic E-state index is 0.535. The molecular weight excluding hydrogens is 242 g/mol. The molecule has 0 radical (unpaired) electrons. The van der Waals surface area contributed by atoms with Crippen LogP contribution in [-0.4, -0.2) is 9.97 Å². The predicted molar refractivity (Wildman–Crippen MR) is 75.2 cm³/mol. The Morgan fingerprint density at radius 1 is 1.17 bits per heavy atom. The number of nitrogens with zero attached hydrogens (tertiary/aromatic N) is 1. The van der Waals surface area contributed by atoms with Crippen molar-refractivity contribution in [1.82, 2.24) is 9.97 Å². The first-order valence-corrected chi connectivity index (χ1v) is 6.64. The number of hydrogen-bond donors (Lipinski definition) is 2. The molecule has 90 valence electrons. The molecule has 0 fully saturated rings. The summed E-state index contributed by atoms with van der Waals surface area (Å²) in [6, 6.07) is 12.1. The molecule has 0 aliphatic heterocycles. The lowest BCUT2D eigenvalue weighted by atomic mass is 10.1. The molecule has 18 heavy (non-hydrogen) atoms. The summed E-state index contributed by atoms with van der Waals surface area (Å²) in [7, 11) is 0. The third-order valence-electron chi connectivity index (χ3n) is 2.85. The second kappa shape index (κ2) is 4.76. The molecule has 2 aromatic heterocycles. The van der Waals surface area contributed by atoms with Crippen molar-refractivity contribution in [1.29, 1.82) is 0 Å². The number of thiazole rings is 1. The standard InChI is InChI=1S/C14H13N3S/c15-8-10-4-1-2-5-11(10)14-17-13(9-18-14)12-6-3-7-16-12/h1-7,9,16H,8,15H2. The summed E-state index contributed by atoms with van der Waals surface area (Å²) in [5.74, 6) is 0. The number of aromatic amines is 1. The van der Waals surface area contributed by atoms with Gasteiger partial charge in [0.2, 0.25) is 0 Å². The zero-order chi connectivity index (χ0) is 12.4. The molecule has 0 aliphatic carbocycles. The minimum atomic E-state index is 0.535. The Bertz CT molecular complexity index is 641. The molecule has 1 aromatic carbocycles. The van der Waals surface area contributed by atoms with E-state index in [1.165, 1.54) is 0 Å². The lowest BCUT2D eigenvalue weighted by Crippen LogP contribution is -1.98. The van der Waals surface area contributed by atoms with Gasteiger partial charge in [0.05, 0.1) is 11.4 Å². The van der Waals surface area contributed by atoms with Crippen molar-refractivity contribution >= 4 is 11.3 Å². The van der Waals surface area contributed by atoms with Gasteiger partial charge in [-0.05, 0) is 17.7 Å². The van der Waals surface area contributed by atoms with E-state index in [2.05, 4.69) is 21.4 Å². The highest BCUT2D eigenvalue weighted by molar-refractivity contribution is 7.13. The van der Waals surface area contributed by atoms with Crippen LogP contribution in [0.4, 0.5) is 0 Å². The fourth-order valence-electron chi connectivity index (χ4n) is 1.92. The van der Waals surface area contributed by atoms with Crippen molar-refractivity contribution in [2.45, 2.75) is 6.54 Å². The number of benzene rings is 1. The number of H-pyrrole nitrogens is 1. The highest BCUT2D eigenvalue weighted by atomic mass is 32.1. The first-order chi connectivity index (χ1) is 8.88. The Balaban J connectivity index is 2.03. The van der Waals surface area contributed by atoms with E-state index in [0.29, 0.717) is 6.54 Å². The summed E-state index contributed by atoms with van der Waals surface area (Å²) in [5.41, 5.74) is 10.0. The van der Waals surface area contributed by atoms with Crippen LogP contribution in [-0.2, 0) is 6.54 Å². The molecule has 0 saturated carbocycles. The maximum atomic E-state index is 5.76. The second-order valence-corrected chi connectivity index (χ2v) is 4.84. The van der Waals surface area contributed by atoms with Crippen LogP contribution in [0.25, 0.3) is 22.0 Å². The van der Waals surface area contributed by atoms with Crippen LogP contribution in [0.15, 0.2) is 48.0 Å². The Kier molecular flexibility index (Phi) is 2.96. The molecule has 0 unspecified atom stereocenters. The van der Waals surface area contributed by atoms with Crippen LogP contribution in [0.5, 0.6) is 0 Å². The largest absolute Gasteiger partial charge is 0.360 e. The molecule has 0 saturated heterocycles. The molecule has 3 rings (SSSR count). The van der Waals surface area contributed by atoms with Crippen LogP contribution in [0, 0.1) is 0 Å². The molecule has 0 spiro atoms. The lowest BCUT2D eigenvalue weighted by molar-refractivity contribution is 1.07. The Morgan fingerprint density at radius 3 is 2.83 bits per heavy atom. The summed E-state index contributed by atoms with van der Waals surface area (Å²) in [6.45, 7) is 0.535. The zero-order valence-electron chi connectivity index (χ0n) is 9.76. The van der Waals surface area contributed by atoms with Gasteiger partial charge in [0.25, 0.3) is 0 Å². The van der Waals surface area contributed by atoms with Gasteiger partial charge in [-0.1, -0.05) is 24.3 Å². The van der Waals surface area contributed by atoms with Gasteiger partial charge in [0, 0.05) is 23.7 Å². The van der Waals surface area contributed by atoms with E-state index in [1.54, 1.807) is 11.3 Å². The highest BCUT2D eigenvalue weighted by Crippen LogP contribution is 2.30. The third-order valence-corrected chi connectivity index (χ3v) is 3.72. The Morgan fingerprint density at radius 2 is 2.06 bits per heavy atom. The molecule has 3 nitrogen and oxygen atoms in total. The van der Waals surface area contributed by atoms with E-state index < -0.39 is 0 Å². The number of aromatic nitrogens is 2. The summed E-state index contributed by atoms with van der Waals surface area (Å²) in [5, 5.41) is 3.08. The Labute approximate surface area is 109 Å². The van der Waals surface area contributed by atoms with Crippen LogP contribution in [0.3, 0.4) is 0 Å². The molecular formula is C14H13N3S. The van der Waals surface area contributed by atoms with Gasteiger partial charge < -0.3 is 10.7 Å². The molecule has 0 bridgehead atoms. The van der Waals surface area contributed by atoms with Gasteiger partial charge in [-0.3, -0.25) is 0 Å². The van der Waals surface area contributed by atoms with E-state index in [9.17, 15) is 0 Å². The molecule has 4 heteroatoms. The molecule has 0 aliphatic rings. The monoisotopic (exact) mass is 255 g/mol. The minimum Gasteiger partial charge on any atom is -0.360 e. The quantitative estimate of drug-likeness (QED) is 0.754. The average molecular weight is 255 g/mol. The van der Waals surface area contributed by atoms with Crippen molar-refractivity contribution in [3.05, 3.63) is 53.5 Å². The molecule has 0 atom stereocenters. The van der Waals surface area contributed by atoms with Crippen molar-refractivity contribution < 1.29 is 0 Å².